The zero-order valence-electron chi connectivity index (χ0n) is 9.90. The molecule has 0 saturated heterocycles. The molecule has 96 valence electrons. The maximum Gasteiger partial charge on any atom is 0.279 e. The van der Waals surface area contributed by atoms with Crippen LogP contribution in [0, 0.1) is 0 Å². The van der Waals surface area contributed by atoms with E-state index in [1.807, 2.05) is 13.8 Å². The van der Waals surface area contributed by atoms with Crippen LogP contribution >= 0.6 is 12.2 Å². The van der Waals surface area contributed by atoms with Gasteiger partial charge in [-0.3, -0.25) is 0 Å². The van der Waals surface area contributed by atoms with E-state index in [2.05, 4.69) is 4.72 Å². The zero-order valence-corrected chi connectivity index (χ0v) is 11.5. The monoisotopic (exact) mass is 267 g/mol. The largest absolute Gasteiger partial charge is 0.393 e. The lowest BCUT2D eigenvalue weighted by Crippen LogP contribution is -2.40. The minimum atomic E-state index is -3.30. The Kier molecular flexibility index (Phi) is 7.82. The molecule has 0 spiro atoms. The number of hydrogen-bond donors (Lipinski definition) is 2. The van der Waals surface area contributed by atoms with Crippen LogP contribution in [0.4, 0.5) is 0 Å². The smallest absolute Gasteiger partial charge is 0.279 e. The minimum absolute atomic E-state index is 0.432. The van der Waals surface area contributed by atoms with Crippen molar-refractivity contribution in [1.29, 1.82) is 0 Å². The summed E-state index contributed by atoms with van der Waals surface area (Å²) in [7, 11) is -3.30. The van der Waals surface area contributed by atoms with Crippen LogP contribution in [0.15, 0.2) is 0 Å². The highest BCUT2D eigenvalue weighted by atomic mass is 32.2. The van der Waals surface area contributed by atoms with Crippen LogP contribution in [0.5, 0.6) is 0 Å². The van der Waals surface area contributed by atoms with Crippen LogP contribution in [0.25, 0.3) is 0 Å². The van der Waals surface area contributed by atoms with Gasteiger partial charge in [0.1, 0.15) is 0 Å². The van der Waals surface area contributed by atoms with Gasteiger partial charge in [-0.25, -0.2) is 4.72 Å². The summed E-state index contributed by atoms with van der Waals surface area (Å²) in [5, 5.41) is 0. The first-order valence-electron chi connectivity index (χ1n) is 5.47. The predicted octanol–water partition coefficient (Wildman–Crippen LogP) is 0.619. The van der Waals surface area contributed by atoms with E-state index >= 15 is 0 Å². The molecule has 7 heteroatoms. The molecule has 0 rings (SSSR count). The van der Waals surface area contributed by atoms with Gasteiger partial charge in [0.05, 0.1) is 4.99 Å². The molecule has 0 aromatic heterocycles. The third-order valence-corrected chi connectivity index (χ3v) is 4.15. The Morgan fingerprint density at radius 1 is 1.31 bits per heavy atom. The number of rotatable bonds is 9. The topological polar surface area (TPSA) is 75.4 Å². The van der Waals surface area contributed by atoms with E-state index < -0.39 is 10.2 Å². The average molecular weight is 267 g/mol. The summed E-state index contributed by atoms with van der Waals surface area (Å²) >= 11 is 4.73. The first kappa shape index (κ1) is 15.8. The molecule has 3 N–H and O–H groups in total. The number of nitrogens with two attached hydrogens (primary N) is 1. The summed E-state index contributed by atoms with van der Waals surface area (Å²) in [5.74, 6) is 0. The molecule has 0 heterocycles. The van der Waals surface area contributed by atoms with Gasteiger partial charge in [-0.1, -0.05) is 26.1 Å². The van der Waals surface area contributed by atoms with Crippen LogP contribution < -0.4 is 10.5 Å². The lowest BCUT2D eigenvalue weighted by molar-refractivity contribution is 0.434. The summed E-state index contributed by atoms with van der Waals surface area (Å²) in [6.07, 6.45) is 2.23. The second-order valence-corrected chi connectivity index (χ2v) is 5.69. The van der Waals surface area contributed by atoms with Gasteiger partial charge < -0.3 is 5.73 Å². The maximum absolute atomic E-state index is 11.7. The predicted molar refractivity (Wildman–Crippen MR) is 70.5 cm³/mol. The Hall–Kier alpha value is -0.240. The van der Waals surface area contributed by atoms with Gasteiger partial charge in [0.2, 0.25) is 0 Å². The number of thiocarbonyl (C=S) groups is 1. The molecule has 0 aromatic carbocycles. The van der Waals surface area contributed by atoms with E-state index in [9.17, 15) is 8.42 Å². The minimum Gasteiger partial charge on any atom is -0.393 e. The molecule has 0 fully saturated rings. The van der Waals surface area contributed by atoms with Crippen LogP contribution in [0.2, 0.25) is 0 Å². The summed E-state index contributed by atoms with van der Waals surface area (Å²) in [4.78, 5) is 0.478. The van der Waals surface area contributed by atoms with E-state index in [-0.39, 0.29) is 0 Å². The molecular formula is C9H21N3O2S2. The first-order valence-corrected chi connectivity index (χ1v) is 7.31. The van der Waals surface area contributed by atoms with Crippen molar-refractivity contribution in [3.8, 4) is 0 Å². The highest BCUT2D eigenvalue weighted by Gasteiger charge is 2.16. The highest BCUT2D eigenvalue weighted by Crippen LogP contribution is 1.99. The number of hydrogen-bond acceptors (Lipinski definition) is 3. The lowest BCUT2D eigenvalue weighted by Gasteiger charge is -2.18. The summed E-state index contributed by atoms with van der Waals surface area (Å²) in [5.41, 5.74) is 5.34. The van der Waals surface area contributed by atoms with Gasteiger partial charge in [-0.15, -0.1) is 0 Å². The van der Waals surface area contributed by atoms with Gasteiger partial charge in [0, 0.05) is 19.6 Å². The molecule has 0 amide bonds. The first-order chi connectivity index (χ1) is 7.44. The third kappa shape index (κ3) is 6.37. The summed E-state index contributed by atoms with van der Waals surface area (Å²) in [6.45, 7) is 5.03. The Balaban J connectivity index is 3.87. The Bertz CT molecular complexity index is 300. The number of nitrogens with zero attached hydrogens (tertiary/aromatic N) is 1. The molecule has 0 aliphatic heterocycles. The molecule has 0 aliphatic carbocycles. The fraction of sp³-hybridized carbons (Fsp3) is 0.889. The molecule has 0 saturated carbocycles. The number of nitrogens with one attached hydrogen (secondary N) is 1. The van der Waals surface area contributed by atoms with Crippen molar-refractivity contribution >= 4 is 27.4 Å². The van der Waals surface area contributed by atoms with E-state index in [1.165, 1.54) is 4.31 Å². The van der Waals surface area contributed by atoms with E-state index in [4.69, 9.17) is 18.0 Å². The SMILES string of the molecule is CCN(CC)S(=O)(=O)NCCCCC(N)=S. The van der Waals surface area contributed by atoms with Crippen LogP contribution in [0.1, 0.15) is 33.1 Å². The zero-order chi connectivity index (χ0) is 12.6. The second kappa shape index (κ2) is 7.94. The van der Waals surface area contributed by atoms with Crippen molar-refractivity contribution in [3.05, 3.63) is 0 Å². The molecule has 16 heavy (non-hydrogen) atoms. The molecule has 0 unspecified atom stereocenters. The van der Waals surface area contributed by atoms with Crippen LogP contribution in [-0.2, 0) is 10.2 Å². The van der Waals surface area contributed by atoms with E-state index in [1.54, 1.807) is 0 Å². The summed E-state index contributed by atoms with van der Waals surface area (Å²) < 4.78 is 27.2. The third-order valence-electron chi connectivity index (χ3n) is 2.18. The molecule has 0 bridgehead atoms. The maximum atomic E-state index is 11.7. The molecule has 0 aliphatic rings. The second-order valence-electron chi connectivity index (χ2n) is 3.41. The number of unbranched alkanes of at least 4 members (excludes halogenated alkanes) is 1. The normalized spacial score (nSPS) is 11.9. The Morgan fingerprint density at radius 2 is 1.88 bits per heavy atom. The Labute approximate surface area is 104 Å². The molecule has 0 radical (unpaired) electrons. The van der Waals surface area contributed by atoms with Crippen LogP contribution in [-0.4, -0.2) is 37.3 Å². The van der Waals surface area contributed by atoms with Crippen molar-refractivity contribution in [2.75, 3.05) is 19.6 Å². The highest BCUT2D eigenvalue weighted by molar-refractivity contribution is 7.87. The fourth-order valence-corrected chi connectivity index (χ4v) is 2.69. The molecule has 0 aromatic rings. The van der Waals surface area contributed by atoms with Crippen LogP contribution in [0.3, 0.4) is 0 Å². The van der Waals surface area contributed by atoms with Crippen molar-refractivity contribution in [2.45, 2.75) is 33.1 Å². The van der Waals surface area contributed by atoms with Gasteiger partial charge in [0.15, 0.2) is 0 Å². The Morgan fingerprint density at radius 3 is 2.31 bits per heavy atom. The van der Waals surface area contributed by atoms with Crippen molar-refractivity contribution in [2.24, 2.45) is 5.73 Å². The van der Waals surface area contributed by atoms with E-state index in [0.29, 0.717) is 31.0 Å². The van der Waals surface area contributed by atoms with Gasteiger partial charge in [-0.05, 0) is 19.3 Å². The molecule has 5 nitrogen and oxygen atoms in total. The average Bonchev–Trinajstić information content (AvgIpc) is 2.17. The van der Waals surface area contributed by atoms with Crippen molar-refractivity contribution in [1.82, 2.24) is 9.03 Å². The van der Waals surface area contributed by atoms with Crippen molar-refractivity contribution in [3.63, 3.8) is 0 Å². The van der Waals surface area contributed by atoms with E-state index in [0.717, 1.165) is 12.8 Å². The van der Waals surface area contributed by atoms with Gasteiger partial charge in [-0.2, -0.15) is 12.7 Å². The molecule has 0 atom stereocenters. The summed E-state index contributed by atoms with van der Waals surface area (Å²) in [6, 6.07) is 0. The lowest BCUT2D eigenvalue weighted by atomic mass is 10.2. The fourth-order valence-electron chi connectivity index (χ4n) is 1.28. The molecular weight excluding hydrogens is 246 g/mol. The van der Waals surface area contributed by atoms with Gasteiger partial charge >= 0.3 is 0 Å². The quantitative estimate of drug-likeness (QED) is 0.474. The standard InChI is InChI=1S/C9H21N3O2S2/c1-3-12(4-2)16(13,14)11-8-6-5-7-9(10)15/h11H,3-8H2,1-2H3,(H2,10,15). The van der Waals surface area contributed by atoms with Gasteiger partial charge in [0.25, 0.3) is 10.2 Å². The van der Waals surface area contributed by atoms with Crippen molar-refractivity contribution < 1.29 is 8.42 Å².